The number of carbonyl (C=O) groups excluding carboxylic acids is 1. The van der Waals surface area contributed by atoms with Gasteiger partial charge >= 0.3 is 0 Å². The first-order chi connectivity index (χ1) is 6.70. The van der Waals surface area contributed by atoms with Crippen molar-refractivity contribution in [3.8, 4) is 0 Å². The summed E-state index contributed by atoms with van der Waals surface area (Å²) in [6, 6.07) is 0.304. The topological polar surface area (TPSA) is 41.1 Å². The Balaban J connectivity index is 3.27. The maximum absolute atomic E-state index is 11.3. The molecule has 3 nitrogen and oxygen atoms in total. The van der Waals surface area contributed by atoms with Gasteiger partial charge in [-0.2, -0.15) is 0 Å². The minimum atomic E-state index is 0.156. The lowest BCUT2D eigenvalue weighted by atomic mass is 10.2. The van der Waals surface area contributed by atoms with Gasteiger partial charge in [0.2, 0.25) is 5.91 Å². The molecule has 0 saturated heterocycles. The predicted molar refractivity (Wildman–Crippen MR) is 60.3 cm³/mol. The third-order valence-corrected chi connectivity index (χ3v) is 2.26. The molecule has 0 aliphatic heterocycles. The molecule has 0 saturated carbocycles. The Morgan fingerprint density at radius 3 is 2.57 bits per heavy atom. The van der Waals surface area contributed by atoms with E-state index in [2.05, 4.69) is 24.5 Å². The van der Waals surface area contributed by atoms with Crippen molar-refractivity contribution in [3.05, 3.63) is 0 Å². The Bertz CT molecular complexity index is 148. The van der Waals surface area contributed by atoms with Gasteiger partial charge in [0.1, 0.15) is 0 Å². The van der Waals surface area contributed by atoms with E-state index in [0.29, 0.717) is 12.5 Å². The van der Waals surface area contributed by atoms with E-state index in [4.69, 9.17) is 0 Å². The molecule has 0 aromatic rings. The quantitative estimate of drug-likeness (QED) is 0.585. The van der Waals surface area contributed by atoms with E-state index in [1.807, 2.05) is 6.92 Å². The normalized spacial score (nSPS) is 12.5. The average molecular weight is 200 g/mol. The highest BCUT2D eigenvalue weighted by atomic mass is 16.1. The van der Waals surface area contributed by atoms with Crippen molar-refractivity contribution in [1.82, 2.24) is 10.6 Å². The van der Waals surface area contributed by atoms with Crippen molar-refractivity contribution in [2.24, 2.45) is 0 Å². The third-order valence-electron chi connectivity index (χ3n) is 2.26. The molecule has 1 unspecified atom stereocenters. The summed E-state index contributed by atoms with van der Waals surface area (Å²) in [4.78, 5) is 11.3. The van der Waals surface area contributed by atoms with Crippen LogP contribution in [0.2, 0.25) is 0 Å². The van der Waals surface area contributed by atoms with Crippen LogP contribution in [0.25, 0.3) is 0 Å². The summed E-state index contributed by atoms with van der Waals surface area (Å²) in [6.07, 6.45) is 3.97. The van der Waals surface area contributed by atoms with Crippen LogP contribution in [-0.2, 0) is 4.79 Å². The van der Waals surface area contributed by atoms with Crippen LogP contribution in [0.3, 0.4) is 0 Å². The fourth-order valence-corrected chi connectivity index (χ4v) is 1.08. The van der Waals surface area contributed by atoms with Crippen molar-refractivity contribution >= 4 is 5.91 Å². The molecule has 0 aromatic heterocycles. The van der Waals surface area contributed by atoms with Crippen LogP contribution >= 0.6 is 0 Å². The monoisotopic (exact) mass is 200 g/mol. The van der Waals surface area contributed by atoms with Gasteiger partial charge in [0.25, 0.3) is 0 Å². The van der Waals surface area contributed by atoms with Crippen molar-refractivity contribution in [2.75, 3.05) is 13.1 Å². The lowest BCUT2D eigenvalue weighted by Gasteiger charge is -2.11. The van der Waals surface area contributed by atoms with Crippen LogP contribution in [0.5, 0.6) is 0 Å². The lowest BCUT2D eigenvalue weighted by molar-refractivity contribution is -0.121. The van der Waals surface area contributed by atoms with Gasteiger partial charge in [-0.15, -0.1) is 0 Å². The molecule has 0 aromatic carbocycles. The molecule has 0 fully saturated rings. The number of amides is 1. The molecule has 0 rings (SSSR count). The first-order valence-electron chi connectivity index (χ1n) is 5.70. The summed E-state index contributed by atoms with van der Waals surface area (Å²) in [6.45, 7) is 8.08. The second-order valence-electron chi connectivity index (χ2n) is 3.73. The molecule has 1 amide bonds. The Kier molecular flexibility index (Phi) is 8.64. The fourth-order valence-electron chi connectivity index (χ4n) is 1.08. The second-order valence-corrected chi connectivity index (χ2v) is 3.73. The first-order valence-corrected chi connectivity index (χ1v) is 5.70. The summed E-state index contributed by atoms with van der Waals surface area (Å²) < 4.78 is 0. The number of nitrogens with one attached hydrogen (secondary N) is 2. The van der Waals surface area contributed by atoms with E-state index in [9.17, 15) is 4.79 Å². The molecule has 1 atom stereocenters. The van der Waals surface area contributed by atoms with Gasteiger partial charge in [0, 0.05) is 19.0 Å². The third kappa shape index (κ3) is 8.05. The molecule has 0 bridgehead atoms. The van der Waals surface area contributed by atoms with Gasteiger partial charge < -0.3 is 10.6 Å². The Morgan fingerprint density at radius 1 is 1.29 bits per heavy atom. The molecule has 0 aliphatic carbocycles. The molecular formula is C11H24N2O. The smallest absolute Gasteiger partial charge is 0.221 e. The molecule has 0 radical (unpaired) electrons. The number of unbranched alkanes of at least 4 members (excludes halogenated alkanes) is 1. The van der Waals surface area contributed by atoms with Crippen LogP contribution < -0.4 is 10.6 Å². The van der Waals surface area contributed by atoms with E-state index in [1.54, 1.807) is 0 Å². The van der Waals surface area contributed by atoms with E-state index >= 15 is 0 Å². The van der Waals surface area contributed by atoms with Crippen molar-refractivity contribution in [3.63, 3.8) is 0 Å². The first kappa shape index (κ1) is 13.4. The highest BCUT2D eigenvalue weighted by Crippen LogP contribution is 1.89. The number of carbonyl (C=O) groups is 1. The molecule has 2 N–H and O–H groups in total. The SMILES string of the molecule is CCCCNCCC(=O)NC(C)CC. The zero-order chi connectivity index (χ0) is 10.8. The summed E-state index contributed by atoms with van der Waals surface area (Å²) in [7, 11) is 0. The average Bonchev–Trinajstić information content (AvgIpc) is 2.17. The number of hydrogen-bond acceptors (Lipinski definition) is 2. The zero-order valence-corrected chi connectivity index (χ0v) is 9.73. The Hall–Kier alpha value is -0.570. The van der Waals surface area contributed by atoms with E-state index in [1.165, 1.54) is 12.8 Å². The highest BCUT2D eigenvalue weighted by molar-refractivity contribution is 5.76. The van der Waals surface area contributed by atoms with Crippen molar-refractivity contribution in [1.29, 1.82) is 0 Å². The minimum absolute atomic E-state index is 0.156. The van der Waals surface area contributed by atoms with Gasteiger partial charge in [0.05, 0.1) is 0 Å². The molecule has 14 heavy (non-hydrogen) atoms. The van der Waals surface area contributed by atoms with Crippen molar-refractivity contribution in [2.45, 2.75) is 52.5 Å². The van der Waals surface area contributed by atoms with Crippen molar-refractivity contribution < 1.29 is 4.79 Å². The van der Waals surface area contributed by atoms with Crippen LogP contribution in [0.1, 0.15) is 46.5 Å². The summed E-state index contributed by atoms with van der Waals surface area (Å²) in [5, 5.41) is 6.19. The number of hydrogen-bond donors (Lipinski definition) is 2. The van der Waals surface area contributed by atoms with E-state index in [0.717, 1.165) is 19.5 Å². The number of rotatable bonds is 8. The zero-order valence-electron chi connectivity index (χ0n) is 9.73. The molecule has 0 aliphatic rings. The predicted octanol–water partition coefficient (Wildman–Crippen LogP) is 1.68. The van der Waals surface area contributed by atoms with Gasteiger partial charge in [-0.05, 0) is 26.3 Å². The molecule has 0 spiro atoms. The standard InChI is InChI=1S/C11H24N2O/c1-4-6-8-12-9-7-11(14)13-10(3)5-2/h10,12H,4-9H2,1-3H3,(H,13,14). The van der Waals surface area contributed by atoms with E-state index in [-0.39, 0.29) is 5.91 Å². The lowest BCUT2D eigenvalue weighted by Crippen LogP contribution is -2.34. The Labute approximate surface area is 87.6 Å². The van der Waals surface area contributed by atoms with Crippen LogP contribution in [0.4, 0.5) is 0 Å². The van der Waals surface area contributed by atoms with Gasteiger partial charge in [0.15, 0.2) is 0 Å². The van der Waals surface area contributed by atoms with Crippen LogP contribution in [0.15, 0.2) is 0 Å². The molecular weight excluding hydrogens is 176 g/mol. The van der Waals surface area contributed by atoms with Crippen LogP contribution in [0, 0.1) is 0 Å². The largest absolute Gasteiger partial charge is 0.354 e. The maximum Gasteiger partial charge on any atom is 0.221 e. The van der Waals surface area contributed by atoms with E-state index < -0.39 is 0 Å². The van der Waals surface area contributed by atoms with Crippen LogP contribution in [-0.4, -0.2) is 25.0 Å². The minimum Gasteiger partial charge on any atom is -0.354 e. The summed E-state index contributed by atoms with van der Waals surface area (Å²) in [5.41, 5.74) is 0. The fraction of sp³-hybridized carbons (Fsp3) is 0.909. The molecule has 84 valence electrons. The molecule has 3 heteroatoms. The summed E-state index contributed by atoms with van der Waals surface area (Å²) >= 11 is 0. The Morgan fingerprint density at radius 2 is 2.00 bits per heavy atom. The highest BCUT2D eigenvalue weighted by Gasteiger charge is 2.03. The maximum atomic E-state index is 11.3. The van der Waals surface area contributed by atoms with Gasteiger partial charge in [-0.3, -0.25) is 4.79 Å². The van der Waals surface area contributed by atoms with Gasteiger partial charge in [-0.1, -0.05) is 20.3 Å². The van der Waals surface area contributed by atoms with Gasteiger partial charge in [-0.25, -0.2) is 0 Å². The summed E-state index contributed by atoms with van der Waals surface area (Å²) in [5.74, 6) is 0.156. The second kappa shape index (κ2) is 9.00. The molecule has 0 heterocycles.